The number of amides is 1. The zero-order valence-corrected chi connectivity index (χ0v) is 16.9. The van der Waals surface area contributed by atoms with Crippen LogP contribution in [0.2, 0.25) is 10.0 Å². The third-order valence-corrected chi connectivity index (χ3v) is 5.62. The predicted octanol–water partition coefficient (Wildman–Crippen LogP) is 4.76. The number of nitrogens with zero attached hydrogens (tertiary/aromatic N) is 2. The van der Waals surface area contributed by atoms with Gasteiger partial charge in [0.15, 0.2) is 0 Å². The minimum absolute atomic E-state index is 0.107. The Morgan fingerprint density at radius 1 is 1.11 bits per heavy atom. The second kappa shape index (κ2) is 9.56. The van der Waals surface area contributed by atoms with E-state index in [1.54, 1.807) is 19.2 Å². The van der Waals surface area contributed by atoms with Crippen LogP contribution >= 0.6 is 23.2 Å². The van der Waals surface area contributed by atoms with Crippen LogP contribution in [0, 0.1) is 0 Å². The number of carbonyl (C=O) groups is 1. The summed E-state index contributed by atoms with van der Waals surface area (Å²) >= 11 is 12.1. The summed E-state index contributed by atoms with van der Waals surface area (Å²) in [6.45, 7) is 2.87. The summed E-state index contributed by atoms with van der Waals surface area (Å²) in [6, 6.07) is 15.1. The van der Waals surface area contributed by atoms with Crippen LogP contribution in [0.1, 0.15) is 30.0 Å². The van der Waals surface area contributed by atoms with Gasteiger partial charge in [0.1, 0.15) is 0 Å². The lowest BCUT2D eigenvalue weighted by Crippen LogP contribution is -2.41. The summed E-state index contributed by atoms with van der Waals surface area (Å²) in [5.41, 5.74) is 1.87. The standard InChI is InChI=1S/C21H24Cl2N2O2/c1-27-25(21(26)14-16-9-10-18(22)19(23)13-16)20(15-24-11-5-6-12-24)17-7-3-2-4-8-17/h2-4,7-10,13,20H,5-6,11-12,14-15H2,1H3. The van der Waals surface area contributed by atoms with Gasteiger partial charge < -0.3 is 4.90 Å². The molecular formula is C21H24Cl2N2O2. The van der Waals surface area contributed by atoms with Crippen molar-refractivity contribution in [1.82, 2.24) is 9.96 Å². The van der Waals surface area contributed by atoms with Crippen molar-refractivity contribution >= 4 is 29.1 Å². The van der Waals surface area contributed by atoms with Crippen molar-refractivity contribution in [3.8, 4) is 0 Å². The zero-order chi connectivity index (χ0) is 19.2. The highest BCUT2D eigenvalue weighted by Gasteiger charge is 2.28. The van der Waals surface area contributed by atoms with Crippen LogP contribution in [0.5, 0.6) is 0 Å². The largest absolute Gasteiger partial charge is 0.301 e. The Labute approximate surface area is 170 Å². The van der Waals surface area contributed by atoms with Gasteiger partial charge in [0.05, 0.1) is 29.6 Å². The van der Waals surface area contributed by atoms with Gasteiger partial charge in [0.2, 0.25) is 0 Å². The number of likely N-dealkylation sites (tertiary alicyclic amines) is 1. The van der Waals surface area contributed by atoms with Gasteiger partial charge in [0, 0.05) is 6.54 Å². The lowest BCUT2D eigenvalue weighted by Gasteiger charge is -2.32. The van der Waals surface area contributed by atoms with E-state index in [1.807, 2.05) is 36.4 Å². The van der Waals surface area contributed by atoms with E-state index in [4.69, 9.17) is 28.0 Å². The van der Waals surface area contributed by atoms with Crippen molar-refractivity contribution in [1.29, 1.82) is 0 Å². The van der Waals surface area contributed by atoms with Crippen LogP contribution in [0.3, 0.4) is 0 Å². The van der Waals surface area contributed by atoms with Crippen molar-refractivity contribution in [2.75, 3.05) is 26.7 Å². The number of rotatable bonds is 7. The third-order valence-electron chi connectivity index (χ3n) is 4.88. The van der Waals surface area contributed by atoms with Gasteiger partial charge in [-0.05, 0) is 49.2 Å². The topological polar surface area (TPSA) is 32.8 Å². The second-order valence-electron chi connectivity index (χ2n) is 6.76. The van der Waals surface area contributed by atoms with E-state index in [0.717, 1.165) is 30.8 Å². The molecule has 0 saturated carbocycles. The van der Waals surface area contributed by atoms with Crippen LogP contribution in [-0.2, 0) is 16.1 Å². The summed E-state index contributed by atoms with van der Waals surface area (Å²) in [6.07, 6.45) is 2.60. The molecule has 4 nitrogen and oxygen atoms in total. The highest BCUT2D eigenvalue weighted by atomic mass is 35.5. The Bertz CT molecular complexity index is 764. The number of hydroxylamine groups is 2. The van der Waals surface area contributed by atoms with E-state index in [0.29, 0.717) is 10.0 Å². The molecule has 0 N–H and O–H groups in total. The van der Waals surface area contributed by atoms with E-state index in [1.165, 1.54) is 17.9 Å². The van der Waals surface area contributed by atoms with Crippen molar-refractivity contribution in [2.24, 2.45) is 0 Å². The minimum Gasteiger partial charge on any atom is -0.301 e. The molecule has 6 heteroatoms. The zero-order valence-electron chi connectivity index (χ0n) is 15.4. The highest BCUT2D eigenvalue weighted by Crippen LogP contribution is 2.26. The highest BCUT2D eigenvalue weighted by molar-refractivity contribution is 6.42. The first-order chi connectivity index (χ1) is 13.1. The molecule has 2 aromatic carbocycles. The van der Waals surface area contributed by atoms with E-state index in [9.17, 15) is 4.79 Å². The molecule has 1 aliphatic heterocycles. The first kappa shape index (κ1) is 20.2. The molecule has 1 heterocycles. The SMILES string of the molecule is CON(C(=O)Cc1ccc(Cl)c(Cl)c1)C(CN1CCCC1)c1ccccc1. The van der Waals surface area contributed by atoms with E-state index < -0.39 is 0 Å². The van der Waals surface area contributed by atoms with Crippen molar-refractivity contribution in [3.63, 3.8) is 0 Å². The maximum Gasteiger partial charge on any atom is 0.251 e. The Morgan fingerprint density at radius 3 is 2.44 bits per heavy atom. The van der Waals surface area contributed by atoms with Gasteiger partial charge in [-0.1, -0.05) is 59.6 Å². The van der Waals surface area contributed by atoms with Gasteiger partial charge in [-0.2, -0.15) is 0 Å². The van der Waals surface area contributed by atoms with Gasteiger partial charge in [-0.3, -0.25) is 9.63 Å². The molecule has 1 atom stereocenters. The Balaban J connectivity index is 1.80. The fourth-order valence-corrected chi connectivity index (χ4v) is 3.83. The first-order valence-electron chi connectivity index (χ1n) is 9.16. The van der Waals surface area contributed by atoms with Crippen molar-refractivity contribution in [3.05, 3.63) is 69.7 Å². The quantitative estimate of drug-likeness (QED) is 0.621. The van der Waals surface area contributed by atoms with Crippen LogP contribution in [0.15, 0.2) is 48.5 Å². The summed E-state index contributed by atoms with van der Waals surface area (Å²) in [5, 5.41) is 2.42. The maximum absolute atomic E-state index is 13.0. The molecule has 3 rings (SSSR count). The van der Waals surface area contributed by atoms with Crippen LogP contribution in [0.25, 0.3) is 0 Å². The van der Waals surface area contributed by atoms with Gasteiger partial charge in [0.25, 0.3) is 5.91 Å². The number of hydrogen-bond acceptors (Lipinski definition) is 3. The first-order valence-corrected chi connectivity index (χ1v) is 9.91. The molecule has 2 aromatic rings. The van der Waals surface area contributed by atoms with Gasteiger partial charge in [-0.15, -0.1) is 0 Å². The molecule has 1 aliphatic rings. The van der Waals surface area contributed by atoms with Crippen molar-refractivity contribution in [2.45, 2.75) is 25.3 Å². The molecule has 0 spiro atoms. The molecular weight excluding hydrogens is 383 g/mol. The molecule has 144 valence electrons. The third kappa shape index (κ3) is 5.23. The smallest absolute Gasteiger partial charge is 0.251 e. The monoisotopic (exact) mass is 406 g/mol. The molecule has 1 amide bonds. The number of halogens is 2. The van der Waals surface area contributed by atoms with E-state index in [2.05, 4.69) is 4.90 Å². The lowest BCUT2D eigenvalue weighted by atomic mass is 10.0. The number of hydrogen-bond donors (Lipinski definition) is 0. The molecule has 1 unspecified atom stereocenters. The molecule has 0 bridgehead atoms. The average molecular weight is 407 g/mol. The Kier molecular flexibility index (Phi) is 7.13. The van der Waals surface area contributed by atoms with E-state index >= 15 is 0 Å². The van der Waals surface area contributed by atoms with Crippen LogP contribution in [-0.4, -0.2) is 42.6 Å². The van der Waals surface area contributed by atoms with Crippen molar-refractivity contribution < 1.29 is 9.63 Å². The minimum atomic E-state index is -0.162. The average Bonchev–Trinajstić information content (AvgIpc) is 3.18. The lowest BCUT2D eigenvalue weighted by molar-refractivity contribution is -0.190. The predicted molar refractivity (Wildman–Crippen MR) is 109 cm³/mol. The van der Waals surface area contributed by atoms with E-state index in [-0.39, 0.29) is 18.4 Å². The molecule has 1 saturated heterocycles. The summed E-state index contributed by atoms with van der Waals surface area (Å²) < 4.78 is 0. The maximum atomic E-state index is 13.0. The molecule has 27 heavy (non-hydrogen) atoms. The second-order valence-corrected chi connectivity index (χ2v) is 7.58. The normalized spacial score (nSPS) is 15.7. The Hall–Kier alpha value is -1.59. The fraction of sp³-hybridized carbons (Fsp3) is 0.381. The molecule has 1 fully saturated rings. The van der Waals surface area contributed by atoms with Gasteiger partial charge in [-0.25, -0.2) is 5.06 Å². The fourth-order valence-electron chi connectivity index (χ4n) is 3.50. The Morgan fingerprint density at radius 2 is 1.81 bits per heavy atom. The molecule has 0 aliphatic carbocycles. The van der Waals surface area contributed by atoms with Crippen LogP contribution < -0.4 is 0 Å². The van der Waals surface area contributed by atoms with Crippen LogP contribution in [0.4, 0.5) is 0 Å². The number of carbonyl (C=O) groups excluding carboxylic acids is 1. The van der Waals surface area contributed by atoms with Gasteiger partial charge >= 0.3 is 0 Å². The summed E-state index contributed by atoms with van der Waals surface area (Å²) in [4.78, 5) is 21.0. The molecule has 0 radical (unpaired) electrons. The number of benzene rings is 2. The summed E-state index contributed by atoms with van der Waals surface area (Å²) in [5.74, 6) is -0.107. The summed E-state index contributed by atoms with van der Waals surface area (Å²) in [7, 11) is 1.55. The molecule has 0 aromatic heterocycles.